The predicted octanol–water partition coefficient (Wildman–Crippen LogP) is 3.98. The summed E-state index contributed by atoms with van der Waals surface area (Å²) < 4.78 is 5.76. The third kappa shape index (κ3) is 6.53. The summed E-state index contributed by atoms with van der Waals surface area (Å²) in [5, 5.41) is 5.54. The van der Waals surface area contributed by atoms with Gasteiger partial charge in [-0.1, -0.05) is 39.1 Å². The van der Waals surface area contributed by atoms with Gasteiger partial charge in [0, 0.05) is 15.2 Å². The number of ether oxygens (including phenoxy) is 1. The monoisotopic (exact) mass is 472 g/mol. The lowest BCUT2D eigenvalue weighted by atomic mass is 10.2. The Hall–Kier alpha value is -2.09. The minimum atomic E-state index is -0.754. The van der Waals surface area contributed by atoms with E-state index in [0.717, 1.165) is 10.0 Å². The van der Waals surface area contributed by atoms with Gasteiger partial charge in [-0.15, -0.1) is 0 Å². The van der Waals surface area contributed by atoms with E-state index >= 15 is 0 Å². The van der Waals surface area contributed by atoms with Crippen molar-refractivity contribution in [2.24, 2.45) is 0 Å². The normalized spacial score (nSPS) is 10.2. The molecule has 0 aromatic heterocycles. The van der Waals surface area contributed by atoms with Gasteiger partial charge in [0.1, 0.15) is 6.54 Å². The largest absolute Gasteiger partial charge is 0.454 e. The summed E-state index contributed by atoms with van der Waals surface area (Å²) in [5.41, 5.74) is 1.72. The van der Waals surface area contributed by atoms with Crippen LogP contribution >= 0.6 is 39.1 Å². The maximum atomic E-state index is 12.0. The maximum Gasteiger partial charge on any atom is 0.325 e. The van der Waals surface area contributed by atoms with E-state index in [1.165, 1.54) is 18.2 Å². The maximum absolute atomic E-state index is 12.0. The second kappa shape index (κ2) is 9.73. The van der Waals surface area contributed by atoms with Gasteiger partial charge in [-0.2, -0.15) is 0 Å². The first-order valence-corrected chi connectivity index (χ1v) is 9.26. The van der Waals surface area contributed by atoms with E-state index in [0.29, 0.717) is 10.7 Å². The lowest BCUT2D eigenvalue weighted by Crippen LogP contribution is -2.32. The molecule has 0 bridgehead atoms. The smallest absolute Gasteiger partial charge is 0.325 e. The number of halogens is 3. The molecule has 0 saturated carbocycles. The number of carbonyl (C=O) groups excluding carboxylic acids is 3. The van der Waals surface area contributed by atoms with Gasteiger partial charge in [-0.25, -0.2) is 0 Å². The van der Waals surface area contributed by atoms with Gasteiger partial charge in [0.2, 0.25) is 0 Å². The molecule has 2 amide bonds. The lowest BCUT2D eigenvalue weighted by Gasteiger charge is -2.09. The highest BCUT2D eigenvalue weighted by Gasteiger charge is 2.13. The number of aryl methyl sites for hydroxylation is 1. The van der Waals surface area contributed by atoms with E-state index in [2.05, 4.69) is 26.6 Å². The molecule has 0 aliphatic heterocycles. The summed E-state index contributed by atoms with van der Waals surface area (Å²) in [7, 11) is 0. The number of carbonyl (C=O) groups is 3. The average molecular weight is 474 g/mol. The Kier molecular flexibility index (Phi) is 7.65. The number of amides is 2. The molecule has 27 heavy (non-hydrogen) atoms. The molecular formula is C18H15BrCl2N2O4. The van der Waals surface area contributed by atoms with Crippen molar-refractivity contribution in [3.8, 4) is 0 Å². The van der Waals surface area contributed by atoms with Crippen LogP contribution in [0.5, 0.6) is 0 Å². The molecule has 0 saturated heterocycles. The van der Waals surface area contributed by atoms with Gasteiger partial charge in [0.15, 0.2) is 6.61 Å². The Balaban J connectivity index is 1.77. The van der Waals surface area contributed by atoms with Crippen molar-refractivity contribution in [2.75, 3.05) is 18.5 Å². The number of anilines is 1. The molecule has 0 spiro atoms. The third-order valence-corrected chi connectivity index (χ3v) is 4.81. The second-order valence-corrected chi connectivity index (χ2v) is 7.18. The van der Waals surface area contributed by atoms with E-state index < -0.39 is 30.9 Å². The Morgan fingerprint density at radius 2 is 1.85 bits per heavy atom. The van der Waals surface area contributed by atoms with Crippen LogP contribution in [-0.2, 0) is 14.3 Å². The summed E-state index contributed by atoms with van der Waals surface area (Å²) in [6.45, 7) is 1.02. The molecule has 2 N–H and O–H groups in total. The second-order valence-electron chi connectivity index (χ2n) is 5.48. The van der Waals surface area contributed by atoms with Crippen molar-refractivity contribution in [3.63, 3.8) is 0 Å². The zero-order chi connectivity index (χ0) is 20.0. The van der Waals surface area contributed by atoms with Crippen LogP contribution in [0.4, 0.5) is 5.69 Å². The van der Waals surface area contributed by atoms with Crippen LogP contribution in [0, 0.1) is 6.92 Å². The predicted molar refractivity (Wildman–Crippen MR) is 107 cm³/mol. The Morgan fingerprint density at radius 3 is 2.52 bits per heavy atom. The van der Waals surface area contributed by atoms with Crippen LogP contribution in [0.25, 0.3) is 0 Å². The standard InChI is InChI=1S/C18H15BrCl2N2O4/c1-10-6-12(3-5-14(10)19)23-16(24)9-27-17(25)8-22-18(26)13-4-2-11(20)7-15(13)21/h2-7H,8-9H2,1H3,(H,22,26)(H,23,24). The Bertz CT molecular complexity index is 890. The molecule has 2 rings (SSSR count). The molecule has 0 radical (unpaired) electrons. The van der Waals surface area contributed by atoms with Crippen molar-refractivity contribution in [2.45, 2.75) is 6.92 Å². The number of rotatable bonds is 6. The molecule has 0 heterocycles. The topological polar surface area (TPSA) is 84.5 Å². The molecule has 0 fully saturated rings. The van der Waals surface area contributed by atoms with Gasteiger partial charge in [0.05, 0.1) is 10.6 Å². The van der Waals surface area contributed by atoms with E-state index in [1.54, 1.807) is 18.2 Å². The highest BCUT2D eigenvalue weighted by Crippen LogP contribution is 2.21. The molecule has 0 aliphatic carbocycles. The van der Waals surface area contributed by atoms with Crippen LogP contribution in [0.1, 0.15) is 15.9 Å². The zero-order valence-electron chi connectivity index (χ0n) is 14.1. The molecule has 142 valence electrons. The number of hydrogen-bond acceptors (Lipinski definition) is 4. The van der Waals surface area contributed by atoms with Crippen LogP contribution in [0.15, 0.2) is 40.9 Å². The summed E-state index contributed by atoms with van der Waals surface area (Å²) >= 11 is 15.1. The van der Waals surface area contributed by atoms with Gasteiger partial charge in [0.25, 0.3) is 11.8 Å². The summed E-state index contributed by atoms with van der Waals surface area (Å²) in [5.74, 6) is -1.80. The number of benzene rings is 2. The Labute approximate surface area is 174 Å². The van der Waals surface area contributed by atoms with Gasteiger partial charge < -0.3 is 15.4 Å². The lowest BCUT2D eigenvalue weighted by molar-refractivity contribution is -0.146. The highest BCUT2D eigenvalue weighted by atomic mass is 79.9. The first-order chi connectivity index (χ1) is 12.8. The molecule has 0 aliphatic rings. The fourth-order valence-corrected chi connectivity index (χ4v) is 2.78. The van der Waals surface area contributed by atoms with Crippen molar-refractivity contribution in [3.05, 3.63) is 62.0 Å². The van der Waals surface area contributed by atoms with Crippen LogP contribution in [0.2, 0.25) is 10.0 Å². The summed E-state index contributed by atoms with van der Waals surface area (Å²) in [4.78, 5) is 35.5. The van der Waals surface area contributed by atoms with Crippen LogP contribution in [-0.4, -0.2) is 30.9 Å². The molecule has 0 unspecified atom stereocenters. The minimum Gasteiger partial charge on any atom is -0.454 e. The van der Waals surface area contributed by atoms with E-state index in [4.69, 9.17) is 27.9 Å². The van der Waals surface area contributed by atoms with Gasteiger partial charge in [-0.05, 0) is 48.9 Å². The SMILES string of the molecule is Cc1cc(NC(=O)COC(=O)CNC(=O)c2ccc(Cl)cc2Cl)ccc1Br. The number of hydrogen-bond donors (Lipinski definition) is 2. The van der Waals surface area contributed by atoms with Crippen molar-refractivity contribution >= 4 is 62.6 Å². The molecule has 0 atom stereocenters. The zero-order valence-corrected chi connectivity index (χ0v) is 17.2. The van der Waals surface area contributed by atoms with Crippen LogP contribution < -0.4 is 10.6 Å². The average Bonchev–Trinajstić information content (AvgIpc) is 2.61. The van der Waals surface area contributed by atoms with Gasteiger partial charge in [-0.3, -0.25) is 14.4 Å². The molecule has 6 nitrogen and oxygen atoms in total. The van der Waals surface area contributed by atoms with Crippen LogP contribution in [0.3, 0.4) is 0 Å². The minimum absolute atomic E-state index is 0.164. The summed E-state index contributed by atoms with van der Waals surface area (Å²) in [6.07, 6.45) is 0. The van der Waals surface area contributed by atoms with Gasteiger partial charge >= 0.3 is 5.97 Å². The molecule has 2 aromatic carbocycles. The quantitative estimate of drug-likeness (QED) is 0.621. The fourth-order valence-electron chi connectivity index (χ4n) is 2.04. The molecular weight excluding hydrogens is 459 g/mol. The molecule has 9 heteroatoms. The number of nitrogens with one attached hydrogen (secondary N) is 2. The molecule has 2 aromatic rings. The third-order valence-electron chi connectivity index (χ3n) is 3.37. The summed E-state index contributed by atoms with van der Waals surface area (Å²) in [6, 6.07) is 9.67. The van der Waals surface area contributed by atoms with Crippen molar-refractivity contribution < 1.29 is 19.1 Å². The van der Waals surface area contributed by atoms with E-state index in [1.807, 2.05) is 6.92 Å². The fraction of sp³-hybridized carbons (Fsp3) is 0.167. The number of esters is 1. The van der Waals surface area contributed by atoms with E-state index in [-0.39, 0.29) is 10.6 Å². The first-order valence-electron chi connectivity index (χ1n) is 7.71. The Morgan fingerprint density at radius 1 is 1.11 bits per heavy atom. The van der Waals surface area contributed by atoms with Crippen molar-refractivity contribution in [1.82, 2.24) is 5.32 Å². The first kappa shape index (κ1) is 21.2. The highest BCUT2D eigenvalue weighted by molar-refractivity contribution is 9.10. The van der Waals surface area contributed by atoms with Crippen molar-refractivity contribution in [1.29, 1.82) is 0 Å². The van der Waals surface area contributed by atoms with E-state index in [9.17, 15) is 14.4 Å².